The first-order valence-electron chi connectivity index (χ1n) is 8.05. The van der Waals surface area contributed by atoms with Gasteiger partial charge in [-0.15, -0.1) is 0 Å². The molecule has 0 aliphatic carbocycles. The fourth-order valence-electron chi connectivity index (χ4n) is 2.78. The number of carbonyl (C=O) groups excluding carboxylic acids is 2. The van der Waals surface area contributed by atoms with Gasteiger partial charge in [-0.3, -0.25) is 9.59 Å². The fourth-order valence-corrected chi connectivity index (χ4v) is 2.78. The van der Waals surface area contributed by atoms with Crippen molar-refractivity contribution in [2.45, 2.75) is 78.3 Å². The molecule has 1 fully saturated rings. The quantitative estimate of drug-likeness (QED) is 0.730. The molecule has 0 spiro atoms. The molecule has 0 aromatic rings. The summed E-state index contributed by atoms with van der Waals surface area (Å²) in [5.41, 5.74) is 0. The number of amides is 2. The molecule has 1 aliphatic heterocycles. The summed E-state index contributed by atoms with van der Waals surface area (Å²) in [6.07, 6.45) is 5.75. The van der Waals surface area contributed by atoms with E-state index in [2.05, 4.69) is 26.1 Å². The van der Waals surface area contributed by atoms with Crippen molar-refractivity contribution >= 4 is 11.8 Å². The van der Waals surface area contributed by atoms with Gasteiger partial charge in [-0.25, -0.2) is 0 Å². The number of hydrogen-bond donors (Lipinski definition) is 1. The van der Waals surface area contributed by atoms with Crippen LogP contribution in [0.25, 0.3) is 0 Å². The third kappa shape index (κ3) is 5.14. The Hall–Kier alpha value is -1.06. The minimum absolute atomic E-state index is 0.00700. The van der Waals surface area contributed by atoms with Gasteiger partial charge in [0.05, 0.1) is 0 Å². The minimum atomic E-state index is -0.335. The average Bonchev–Trinajstić information content (AvgIpc) is 2.44. The van der Waals surface area contributed by atoms with Crippen molar-refractivity contribution in [2.24, 2.45) is 5.92 Å². The second-order valence-electron chi connectivity index (χ2n) is 6.40. The van der Waals surface area contributed by atoms with E-state index >= 15 is 0 Å². The van der Waals surface area contributed by atoms with Crippen LogP contribution in [-0.4, -0.2) is 35.3 Å². The van der Waals surface area contributed by atoms with Gasteiger partial charge in [0.2, 0.25) is 11.8 Å². The van der Waals surface area contributed by atoms with Crippen molar-refractivity contribution in [3.8, 4) is 0 Å². The van der Waals surface area contributed by atoms with Gasteiger partial charge >= 0.3 is 0 Å². The van der Waals surface area contributed by atoms with Crippen LogP contribution >= 0.6 is 0 Å². The van der Waals surface area contributed by atoms with Crippen LogP contribution in [0.5, 0.6) is 0 Å². The summed E-state index contributed by atoms with van der Waals surface area (Å²) in [6, 6.07) is -0.320. The summed E-state index contributed by atoms with van der Waals surface area (Å²) in [4.78, 5) is 26.4. The molecule has 1 N–H and O–H groups in total. The second kappa shape index (κ2) is 8.28. The highest BCUT2D eigenvalue weighted by atomic mass is 16.2. The van der Waals surface area contributed by atoms with Crippen molar-refractivity contribution in [2.75, 3.05) is 6.54 Å². The summed E-state index contributed by atoms with van der Waals surface area (Å²) in [6.45, 7) is 9.11. The molecule has 1 heterocycles. The Bertz CT molecular complexity index is 328. The average molecular weight is 282 g/mol. The predicted octanol–water partition coefficient (Wildman–Crippen LogP) is 2.72. The Morgan fingerprint density at radius 2 is 1.95 bits per heavy atom. The van der Waals surface area contributed by atoms with E-state index in [4.69, 9.17) is 0 Å². The van der Waals surface area contributed by atoms with Crippen molar-refractivity contribution < 1.29 is 9.59 Å². The van der Waals surface area contributed by atoms with Crippen LogP contribution in [0.15, 0.2) is 0 Å². The second-order valence-corrected chi connectivity index (χ2v) is 6.40. The number of nitrogens with zero attached hydrogens (tertiary/aromatic N) is 1. The molecule has 4 heteroatoms. The van der Waals surface area contributed by atoms with E-state index in [-0.39, 0.29) is 23.9 Å². The highest BCUT2D eigenvalue weighted by Crippen LogP contribution is 2.17. The van der Waals surface area contributed by atoms with Crippen molar-refractivity contribution in [1.29, 1.82) is 0 Å². The number of nitrogens with one attached hydrogen (secondary N) is 1. The predicted molar refractivity (Wildman–Crippen MR) is 81.3 cm³/mol. The molecule has 1 rings (SSSR count). The Balaban J connectivity index is 2.67. The SMILES string of the molecule is CCCCCCN1C(=O)C(CC(C)C)NC(=O)CC1C. The van der Waals surface area contributed by atoms with Crippen LogP contribution in [0.1, 0.15) is 66.2 Å². The van der Waals surface area contributed by atoms with Gasteiger partial charge in [0.1, 0.15) is 6.04 Å². The van der Waals surface area contributed by atoms with Gasteiger partial charge in [-0.2, -0.15) is 0 Å². The van der Waals surface area contributed by atoms with Crippen LogP contribution in [0, 0.1) is 5.92 Å². The lowest BCUT2D eigenvalue weighted by atomic mass is 10.0. The molecule has 2 amide bonds. The molecule has 2 unspecified atom stereocenters. The summed E-state index contributed by atoms with van der Waals surface area (Å²) in [5, 5.41) is 2.89. The Labute approximate surface area is 123 Å². The molecule has 0 aromatic carbocycles. The van der Waals surface area contributed by atoms with Crippen LogP contribution < -0.4 is 5.32 Å². The maximum absolute atomic E-state index is 12.6. The van der Waals surface area contributed by atoms with E-state index < -0.39 is 0 Å². The third-order valence-corrected chi connectivity index (χ3v) is 3.89. The lowest BCUT2D eigenvalue weighted by molar-refractivity contribution is -0.135. The first-order chi connectivity index (χ1) is 9.45. The maximum atomic E-state index is 12.6. The normalized spacial score (nSPS) is 23.9. The minimum Gasteiger partial charge on any atom is -0.344 e. The molecular formula is C16H30N2O2. The molecule has 1 saturated heterocycles. The first-order valence-corrected chi connectivity index (χ1v) is 8.05. The monoisotopic (exact) mass is 282 g/mol. The highest BCUT2D eigenvalue weighted by molar-refractivity contribution is 5.90. The van der Waals surface area contributed by atoms with E-state index in [0.29, 0.717) is 12.3 Å². The van der Waals surface area contributed by atoms with Crippen LogP contribution in [0.2, 0.25) is 0 Å². The van der Waals surface area contributed by atoms with Gasteiger partial charge in [-0.05, 0) is 25.7 Å². The number of carbonyl (C=O) groups is 2. The maximum Gasteiger partial charge on any atom is 0.245 e. The van der Waals surface area contributed by atoms with Crippen LogP contribution in [-0.2, 0) is 9.59 Å². The number of hydrogen-bond acceptors (Lipinski definition) is 2. The highest BCUT2D eigenvalue weighted by Gasteiger charge is 2.33. The van der Waals surface area contributed by atoms with E-state index in [1.165, 1.54) is 12.8 Å². The molecule has 1 aliphatic rings. The Morgan fingerprint density at radius 1 is 1.25 bits per heavy atom. The van der Waals surface area contributed by atoms with E-state index in [1.807, 2.05) is 11.8 Å². The van der Waals surface area contributed by atoms with Gasteiger partial charge in [0.15, 0.2) is 0 Å². The molecule has 4 nitrogen and oxygen atoms in total. The number of unbranched alkanes of at least 4 members (excludes halogenated alkanes) is 3. The van der Waals surface area contributed by atoms with Crippen LogP contribution in [0.4, 0.5) is 0 Å². The molecular weight excluding hydrogens is 252 g/mol. The summed E-state index contributed by atoms with van der Waals surface area (Å²) in [7, 11) is 0. The zero-order chi connectivity index (χ0) is 15.1. The third-order valence-electron chi connectivity index (χ3n) is 3.89. The lowest BCUT2D eigenvalue weighted by Crippen LogP contribution is -2.47. The van der Waals surface area contributed by atoms with Gasteiger partial charge in [-0.1, -0.05) is 40.0 Å². The van der Waals surface area contributed by atoms with E-state index in [1.54, 1.807) is 0 Å². The largest absolute Gasteiger partial charge is 0.344 e. The zero-order valence-corrected chi connectivity index (χ0v) is 13.4. The molecule has 116 valence electrons. The summed E-state index contributed by atoms with van der Waals surface area (Å²) in [5.74, 6) is 0.515. The Morgan fingerprint density at radius 3 is 2.55 bits per heavy atom. The summed E-state index contributed by atoms with van der Waals surface area (Å²) >= 11 is 0. The molecule has 0 bridgehead atoms. The van der Waals surface area contributed by atoms with Gasteiger partial charge in [0.25, 0.3) is 0 Å². The van der Waals surface area contributed by atoms with Crippen molar-refractivity contribution in [3.05, 3.63) is 0 Å². The van der Waals surface area contributed by atoms with Crippen molar-refractivity contribution in [1.82, 2.24) is 10.2 Å². The van der Waals surface area contributed by atoms with Gasteiger partial charge in [0, 0.05) is 19.0 Å². The van der Waals surface area contributed by atoms with Gasteiger partial charge < -0.3 is 10.2 Å². The standard InChI is InChI=1S/C16H30N2O2/c1-5-6-7-8-9-18-13(4)11-15(19)17-14(16(18)20)10-12(2)3/h12-14H,5-11H2,1-4H3,(H,17,19). The smallest absolute Gasteiger partial charge is 0.245 e. The van der Waals surface area contributed by atoms with E-state index in [9.17, 15) is 9.59 Å². The molecule has 0 aromatic heterocycles. The lowest BCUT2D eigenvalue weighted by Gasteiger charge is -2.29. The zero-order valence-electron chi connectivity index (χ0n) is 13.4. The molecule has 0 saturated carbocycles. The fraction of sp³-hybridized carbons (Fsp3) is 0.875. The molecule has 0 radical (unpaired) electrons. The summed E-state index contributed by atoms with van der Waals surface area (Å²) < 4.78 is 0. The first kappa shape index (κ1) is 17.0. The van der Waals surface area contributed by atoms with E-state index in [0.717, 1.165) is 25.8 Å². The molecule has 20 heavy (non-hydrogen) atoms. The Kier molecular flexibility index (Phi) is 7.03. The topological polar surface area (TPSA) is 49.4 Å². The molecule has 2 atom stereocenters. The van der Waals surface area contributed by atoms with Crippen LogP contribution in [0.3, 0.4) is 0 Å². The van der Waals surface area contributed by atoms with Crippen molar-refractivity contribution in [3.63, 3.8) is 0 Å². The number of rotatable bonds is 7.